The number of benzene rings is 1. The molecule has 1 saturated carbocycles. The molecule has 124 valence electrons. The molecule has 1 N–H and O–H groups in total. The van der Waals surface area contributed by atoms with Crippen molar-refractivity contribution in [3.05, 3.63) is 57.3 Å². The zero-order valence-corrected chi connectivity index (χ0v) is 15.1. The molecule has 0 atom stereocenters. The lowest BCUT2D eigenvalue weighted by atomic mass is 10.0. The fraction of sp³-hybridized carbons (Fsp3) is 0.368. The Kier molecular flexibility index (Phi) is 4.72. The van der Waals surface area contributed by atoms with Gasteiger partial charge < -0.3 is 4.98 Å². The van der Waals surface area contributed by atoms with Gasteiger partial charge in [0.15, 0.2) is 5.16 Å². The number of thiophene rings is 1. The Morgan fingerprint density at radius 2 is 2.04 bits per heavy atom. The van der Waals surface area contributed by atoms with Crippen molar-refractivity contribution < 1.29 is 0 Å². The molecule has 24 heavy (non-hydrogen) atoms. The summed E-state index contributed by atoms with van der Waals surface area (Å²) in [5.74, 6) is 0. The molecule has 0 bridgehead atoms. The average Bonchev–Trinajstić information content (AvgIpc) is 2.98. The number of aromatic nitrogens is 2. The van der Waals surface area contributed by atoms with Crippen LogP contribution >= 0.6 is 23.1 Å². The third-order valence-electron chi connectivity index (χ3n) is 4.54. The minimum Gasteiger partial charge on any atom is -0.301 e. The molecule has 0 radical (unpaired) electrons. The quantitative estimate of drug-likeness (QED) is 0.669. The predicted octanol–water partition coefficient (Wildman–Crippen LogP) is 5.00. The van der Waals surface area contributed by atoms with Crippen LogP contribution in [-0.4, -0.2) is 15.2 Å². The molecule has 5 heteroatoms. The number of fused-ring (bicyclic) bond motifs is 1. The monoisotopic (exact) mass is 356 g/mol. The normalized spacial score (nSPS) is 15.8. The Bertz CT molecular complexity index is 894. The van der Waals surface area contributed by atoms with Crippen LogP contribution in [0.25, 0.3) is 10.1 Å². The molecule has 0 amide bonds. The standard InChI is InChI=1S/C19H20N2OS2/c22-18-11-14(10-13-12-23-17-9-5-4-8-16(13)17)20-19(21-18)24-15-6-2-1-3-7-15/h4-5,8-9,11-12,15H,1-3,6-7,10H2,(H,20,21,22). The molecular weight excluding hydrogens is 336 g/mol. The summed E-state index contributed by atoms with van der Waals surface area (Å²) in [4.78, 5) is 19.7. The molecule has 0 aliphatic heterocycles. The summed E-state index contributed by atoms with van der Waals surface area (Å²) in [6, 6.07) is 10.0. The highest BCUT2D eigenvalue weighted by Crippen LogP contribution is 2.32. The molecule has 1 aliphatic carbocycles. The van der Waals surface area contributed by atoms with Crippen LogP contribution in [0.2, 0.25) is 0 Å². The van der Waals surface area contributed by atoms with Gasteiger partial charge in [-0.15, -0.1) is 11.3 Å². The van der Waals surface area contributed by atoms with Crippen LogP contribution in [-0.2, 0) is 6.42 Å². The summed E-state index contributed by atoms with van der Waals surface area (Å²) >= 11 is 3.50. The van der Waals surface area contributed by atoms with E-state index in [9.17, 15) is 4.79 Å². The molecule has 1 fully saturated rings. The maximum absolute atomic E-state index is 12.0. The summed E-state index contributed by atoms with van der Waals surface area (Å²) in [6.45, 7) is 0. The van der Waals surface area contributed by atoms with Crippen molar-refractivity contribution in [3.63, 3.8) is 0 Å². The number of aromatic amines is 1. The van der Waals surface area contributed by atoms with E-state index >= 15 is 0 Å². The van der Waals surface area contributed by atoms with Crippen molar-refractivity contribution >= 4 is 33.2 Å². The molecule has 2 heterocycles. The van der Waals surface area contributed by atoms with Crippen LogP contribution in [0.3, 0.4) is 0 Å². The van der Waals surface area contributed by atoms with Crippen LogP contribution in [0, 0.1) is 0 Å². The molecule has 4 rings (SSSR count). The second-order valence-corrected chi connectivity index (χ2v) is 8.55. The Morgan fingerprint density at radius 3 is 2.92 bits per heavy atom. The highest BCUT2D eigenvalue weighted by Gasteiger charge is 2.16. The van der Waals surface area contributed by atoms with E-state index in [-0.39, 0.29) is 5.56 Å². The fourth-order valence-electron chi connectivity index (χ4n) is 3.34. The molecule has 3 nitrogen and oxygen atoms in total. The van der Waals surface area contributed by atoms with Gasteiger partial charge in [-0.2, -0.15) is 0 Å². The molecule has 0 spiro atoms. The lowest BCUT2D eigenvalue weighted by molar-refractivity contribution is 0.515. The molecule has 1 aliphatic rings. The van der Waals surface area contributed by atoms with Gasteiger partial charge in [-0.05, 0) is 35.2 Å². The van der Waals surface area contributed by atoms with E-state index < -0.39 is 0 Å². The lowest BCUT2D eigenvalue weighted by Gasteiger charge is -2.20. The van der Waals surface area contributed by atoms with Crippen LogP contribution in [0.1, 0.15) is 43.4 Å². The first-order valence-corrected chi connectivity index (χ1v) is 10.3. The van der Waals surface area contributed by atoms with Crippen LogP contribution in [0.4, 0.5) is 0 Å². The second kappa shape index (κ2) is 7.11. The maximum Gasteiger partial charge on any atom is 0.251 e. The first-order chi connectivity index (χ1) is 11.8. The van der Waals surface area contributed by atoms with Crippen LogP contribution in [0.15, 0.2) is 45.7 Å². The maximum atomic E-state index is 12.0. The van der Waals surface area contributed by atoms with Crippen molar-refractivity contribution in [2.75, 3.05) is 0 Å². The van der Waals surface area contributed by atoms with E-state index in [1.54, 1.807) is 29.2 Å². The molecule has 1 aromatic carbocycles. The number of nitrogens with one attached hydrogen (secondary N) is 1. The summed E-state index contributed by atoms with van der Waals surface area (Å²) < 4.78 is 1.29. The summed E-state index contributed by atoms with van der Waals surface area (Å²) in [6.07, 6.45) is 7.10. The third kappa shape index (κ3) is 3.57. The highest BCUT2D eigenvalue weighted by molar-refractivity contribution is 7.99. The van der Waals surface area contributed by atoms with E-state index in [4.69, 9.17) is 4.98 Å². The van der Waals surface area contributed by atoms with E-state index in [2.05, 4.69) is 34.6 Å². The number of H-pyrrole nitrogens is 1. The molecule has 2 aromatic heterocycles. The number of hydrogen-bond donors (Lipinski definition) is 1. The van der Waals surface area contributed by atoms with Crippen molar-refractivity contribution in [1.29, 1.82) is 0 Å². The van der Waals surface area contributed by atoms with Crippen molar-refractivity contribution in [1.82, 2.24) is 9.97 Å². The zero-order valence-electron chi connectivity index (χ0n) is 13.5. The molecule has 3 aromatic rings. The summed E-state index contributed by atoms with van der Waals surface area (Å²) in [5.41, 5.74) is 2.07. The first kappa shape index (κ1) is 15.9. The van der Waals surface area contributed by atoms with Gasteiger partial charge >= 0.3 is 0 Å². The third-order valence-corrected chi connectivity index (χ3v) is 6.77. The number of thioether (sulfide) groups is 1. The fourth-order valence-corrected chi connectivity index (χ4v) is 5.51. The van der Waals surface area contributed by atoms with Gasteiger partial charge in [0.1, 0.15) is 0 Å². The van der Waals surface area contributed by atoms with Gasteiger partial charge in [0, 0.05) is 22.4 Å². The Labute approximate surface area is 149 Å². The average molecular weight is 357 g/mol. The van der Waals surface area contributed by atoms with Crippen LogP contribution in [0.5, 0.6) is 0 Å². The Balaban J connectivity index is 1.57. The van der Waals surface area contributed by atoms with Gasteiger partial charge in [-0.3, -0.25) is 4.79 Å². The number of nitrogens with zero attached hydrogens (tertiary/aromatic N) is 1. The Hall–Kier alpha value is -1.59. The van der Waals surface area contributed by atoms with Gasteiger partial charge in [0.2, 0.25) is 0 Å². The van der Waals surface area contributed by atoms with Gasteiger partial charge in [-0.1, -0.05) is 49.2 Å². The van der Waals surface area contributed by atoms with Crippen molar-refractivity contribution in [2.24, 2.45) is 0 Å². The summed E-state index contributed by atoms with van der Waals surface area (Å²) in [5, 5.41) is 4.83. The number of rotatable bonds is 4. The number of hydrogen-bond acceptors (Lipinski definition) is 4. The second-order valence-electron chi connectivity index (χ2n) is 6.35. The smallest absolute Gasteiger partial charge is 0.251 e. The van der Waals surface area contributed by atoms with Gasteiger partial charge in [0.05, 0.1) is 5.69 Å². The van der Waals surface area contributed by atoms with E-state index in [0.29, 0.717) is 11.7 Å². The Morgan fingerprint density at radius 1 is 1.21 bits per heavy atom. The van der Waals surface area contributed by atoms with Crippen molar-refractivity contribution in [3.8, 4) is 0 Å². The molecule has 0 unspecified atom stereocenters. The lowest BCUT2D eigenvalue weighted by Crippen LogP contribution is -2.14. The summed E-state index contributed by atoms with van der Waals surface area (Å²) in [7, 11) is 0. The van der Waals surface area contributed by atoms with E-state index in [1.807, 2.05) is 0 Å². The van der Waals surface area contributed by atoms with E-state index in [0.717, 1.165) is 10.9 Å². The zero-order chi connectivity index (χ0) is 16.4. The van der Waals surface area contributed by atoms with E-state index in [1.165, 1.54) is 47.8 Å². The van der Waals surface area contributed by atoms with Crippen LogP contribution < -0.4 is 5.56 Å². The topological polar surface area (TPSA) is 45.8 Å². The highest BCUT2D eigenvalue weighted by atomic mass is 32.2. The minimum absolute atomic E-state index is 0.0437. The van der Waals surface area contributed by atoms with Gasteiger partial charge in [0.25, 0.3) is 5.56 Å². The largest absolute Gasteiger partial charge is 0.301 e. The SMILES string of the molecule is O=c1cc(Cc2csc3ccccc23)nc(SC2CCCCC2)[nH]1. The van der Waals surface area contributed by atoms with Gasteiger partial charge in [-0.25, -0.2) is 4.98 Å². The predicted molar refractivity (Wildman–Crippen MR) is 102 cm³/mol. The minimum atomic E-state index is -0.0437. The first-order valence-electron chi connectivity index (χ1n) is 8.50. The molecule has 0 saturated heterocycles. The van der Waals surface area contributed by atoms with Crippen molar-refractivity contribution in [2.45, 2.75) is 48.9 Å². The molecular formula is C19H20N2OS2.